The van der Waals surface area contributed by atoms with Gasteiger partial charge in [-0.15, -0.1) is 0 Å². The largest absolute Gasteiger partial charge is 0.248 e. The molecule has 2 aromatic rings. The zero-order valence-electron chi connectivity index (χ0n) is 11.1. The van der Waals surface area contributed by atoms with Crippen molar-refractivity contribution in [3.8, 4) is 11.3 Å². The van der Waals surface area contributed by atoms with E-state index >= 15 is 0 Å². The maximum absolute atomic E-state index is 4.83. The molecule has 19 heavy (non-hydrogen) atoms. The number of aryl methyl sites for hydroxylation is 1. The highest BCUT2D eigenvalue weighted by Gasteiger charge is 2.08. The van der Waals surface area contributed by atoms with E-state index in [1.54, 1.807) is 0 Å². The van der Waals surface area contributed by atoms with Crippen LogP contribution >= 0.6 is 0 Å². The van der Waals surface area contributed by atoms with Gasteiger partial charge in [-0.1, -0.05) is 48.6 Å². The van der Waals surface area contributed by atoms with E-state index in [9.17, 15) is 0 Å². The second kappa shape index (κ2) is 5.23. The van der Waals surface area contributed by atoms with Crippen LogP contribution < -0.4 is 0 Å². The Hall–Kier alpha value is -2.15. The summed E-state index contributed by atoms with van der Waals surface area (Å²) in [6.07, 6.45) is 8.71. The first-order valence-corrected chi connectivity index (χ1v) is 6.73. The van der Waals surface area contributed by atoms with Crippen LogP contribution in [0.4, 0.5) is 0 Å². The summed E-state index contributed by atoms with van der Waals surface area (Å²) >= 11 is 0. The monoisotopic (exact) mass is 247 g/mol. The third-order valence-corrected chi connectivity index (χ3v) is 3.38. The van der Waals surface area contributed by atoms with Crippen LogP contribution in [0.3, 0.4) is 0 Å². The predicted octanol–water partition coefficient (Wildman–Crippen LogP) is 4.79. The van der Waals surface area contributed by atoms with Gasteiger partial charge in [0.05, 0.1) is 11.4 Å². The number of aromatic nitrogens is 1. The molecular weight excluding hydrogens is 230 g/mol. The molecular formula is C18H17N. The highest BCUT2D eigenvalue weighted by atomic mass is 14.7. The van der Waals surface area contributed by atoms with E-state index < -0.39 is 0 Å². The molecule has 0 N–H and O–H groups in total. The van der Waals surface area contributed by atoms with Crippen LogP contribution in [0, 0.1) is 6.92 Å². The number of hydrogen-bond acceptors (Lipinski definition) is 1. The molecule has 1 heteroatoms. The second-order valence-corrected chi connectivity index (χ2v) is 4.94. The fraction of sp³-hybridized carbons (Fsp3) is 0.167. The summed E-state index contributed by atoms with van der Waals surface area (Å²) in [5, 5.41) is 0. The molecule has 0 amide bonds. The standard InChI is InChI=1S/C18H17N/c1-14-12-17(15-8-4-2-5-9-15)19-18(13-14)16-10-6-3-7-11-16/h2-6,8-10,12-13H,7,11H2,1H3. The molecule has 1 nitrogen and oxygen atoms in total. The molecule has 1 aliphatic carbocycles. The first-order valence-electron chi connectivity index (χ1n) is 6.73. The maximum atomic E-state index is 4.83. The Balaban J connectivity index is 2.06. The van der Waals surface area contributed by atoms with Gasteiger partial charge in [0.25, 0.3) is 0 Å². The van der Waals surface area contributed by atoms with Crippen LogP contribution in [0.2, 0.25) is 0 Å². The third kappa shape index (κ3) is 2.65. The van der Waals surface area contributed by atoms with Gasteiger partial charge in [-0.2, -0.15) is 0 Å². The molecule has 1 heterocycles. The van der Waals surface area contributed by atoms with Gasteiger partial charge in [-0.3, -0.25) is 0 Å². The molecule has 0 fully saturated rings. The highest BCUT2D eigenvalue weighted by Crippen LogP contribution is 2.26. The Morgan fingerprint density at radius 1 is 1.00 bits per heavy atom. The average Bonchev–Trinajstić information content (AvgIpc) is 2.48. The number of pyridine rings is 1. The lowest BCUT2D eigenvalue weighted by molar-refractivity contribution is 1.04. The molecule has 94 valence electrons. The fourth-order valence-electron chi connectivity index (χ4n) is 2.40. The number of hydrogen-bond donors (Lipinski definition) is 0. The van der Waals surface area contributed by atoms with Crippen molar-refractivity contribution in [2.45, 2.75) is 19.8 Å². The second-order valence-electron chi connectivity index (χ2n) is 4.94. The molecule has 1 aromatic carbocycles. The van der Waals surface area contributed by atoms with E-state index in [2.05, 4.69) is 61.5 Å². The van der Waals surface area contributed by atoms with Crippen molar-refractivity contribution in [2.75, 3.05) is 0 Å². The van der Waals surface area contributed by atoms with Crippen molar-refractivity contribution >= 4 is 5.57 Å². The minimum Gasteiger partial charge on any atom is -0.248 e. The number of allylic oxidation sites excluding steroid dienone is 4. The summed E-state index contributed by atoms with van der Waals surface area (Å²) in [5.41, 5.74) is 5.95. The van der Waals surface area contributed by atoms with Crippen LogP contribution in [0.1, 0.15) is 24.1 Å². The molecule has 0 atom stereocenters. The smallest absolute Gasteiger partial charge is 0.0712 e. The molecule has 0 bridgehead atoms. The Labute approximate surface area is 114 Å². The Kier molecular flexibility index (Phi) is 3.28. The Bertz CT molecular complexity index is 636. The zero-order chi connectivity index (χ0) is 13.1. The summed E-state index contributed by atoms with van der Waals surface area (Å²) in [4.78, 5) is 4.83. The normalized spacial score (nSPS) is 14.3. The number of rotatable bonds is 2. The quantitative estimate of drug-likeness (QED) is 0.743. The topological polar surface area (TPSA) is 12.9 Å². The lowest BCUT2D eigenvalue weighted by Gasteiger charge is -2.11. The van der Waals surface area contributed by atoms with Crippen LogP contribution in [-0.2, 0) is 0 Å². The number of nitrogens with zero attached hydrogens (tertiary/aromatic N) is 1. The van der Waals surface area contributed by atoms with Gasteiger partial charge >= 0.3 is 0 Å². The molecule has 1 aromatic heterocycles. The van der Waals surface area contributed by atoms with Crippen LogP contribution in [-0.4, -0.2) is 4.98 Å². The molecule has 0 aliphatic heterocycles. The molecule has 0 unspecified atom stereocenters. The molecule has 0 radical (unpaired) electrons. The molecule has 3 rings (SSSR count). The van der Waals surface area contributed by atoms with Crippen molar-refractivity contribution in [3.63, 3.8) is 0 Å². The average molecular weight is 247 g/mol. The van der Waals surface area contributed by atoms with E-state index in [-0.39, 0.29) is 0 Å². The van der Waals surface area contributed by atoms with Crippen molar-refractivity contribution in [1.82, 2.24) is 4.98 Å². The van der Waals surface area contributed by atoms with Gasteiger partial charge in [0.1, 0.15) is 0 Å². The summed E-state index contributed by atoms with van der Waals surface area (Å²) in [6.45, 7) is 2.14. The SMILES string of the molecule is Cc1cc(C2=CC=CCC2)nc(-c2ccccc2)c1. The van der Waals surface area contributed by atoms with E-state index in [4.69, 9.17) is 4.98 Å². The van der Waals surface area contributed by atoms with E-state index in [1.807, 2.05) is 6.07 Å². The third-order valence-electron chi connectivity index (χ3n) is 3.38. The fourth-order valence-corrected chi connectivity index (χ4v) is 2.40. The Morgan fingerprint density at radius 2 is 1.79 bits per heavy atom. The molecule has 0 spiro atoms. The maximum Gasteiger partial charge on any atom is 0.0712 e. The van der Waals surface area contributed by atoms with E-state index in [1.165, 1.54) is 16.7 Å². The van der Waals surface area contributed by atoms with Gasteiger partial charge in [0.15, 0.2) is 0 Å². The van der Waals surface area contributed by atoms with Gasteiger partial charge in [-0.25, -0.2) is 4.98 Å². The van der Waals surface area contributed by atoms with Crippen molar-refractivity contribution in [2.24, 2.45) is 0 Å². The van der Waals surface area contributed by atoms with Crippen molar-refractivity contribution in [1.29, 1.82) is 0 Å². The summed E-state index contributed by atoms with van der Waals surface area (Å²) in [7, 11) is 0. The zero-order valence-corrected chi connectivity index (χ0v) is 11.1. The van der Waals surface area contributed by atoms with E-state index in [0.29, 0.717) is 0 Å². The highest BCUT2D eigenvalue weighted by molar-refractivity contribution is 5.69. The van der Waals surface area contributed by atoms with Crippen molar-refractivity contribution < 1.29 is 0 Å². The molecule has 1 aliphatic rings. The van der Waals surface area contributed by atoms with Gasteiger partial charge in [-0.05, 0) is 43.0 Å². The van der Waals surface area contributed by atoms with Crippen LogP contribution in [0.5, 0.6) is 0 Å². The summed E-state index contributed by atoms with van der Waals surface area (Å²) in [5.74, 6) is 0. The lowest BCUT2D eigenvalue weighted by Crippen LogP contribution is -1.95. The summed E-state index contributed by atoms with van der Waals surface area (Å²) < 4.78 is 0. The van der Waals surface area contributed by atoms with Crippen molar-refractivity contribution in [3.05, 3.63) is 72.0 Å². The molecule has 0 saturated heterocycles. The minimum atomic E-state index is 1.06. The molecule has 0 saturated carbocycles. The van der Waals surface area contributed by atoms with Crippen LogP contribution in [0.15, 0.2) is 60.7 Å². The first kappa shape index (κ1) is 11.9. The van der Waals surface area contributed by atoms with E-state index in [0.717, 1.165) is 24.2 Å². The van der Waals surface area contributed by atoms with Gasteiger partial charge < -0.3 is 0 Å². The first-order chi connectivity index (χ1) is 9.33. The minimum absolute atomic E-state index is 1.06. The number of benzene rings is 1. The predicted molar refractivity (Wildman–Crippen MR) is 80.8 cm³/mol. The Morgan fingerprint density at radius 3 is 2.53 bits per heavy atom. The lowest BCUT2D eigenvalue weighted by atomic mass is 9.99. The van der Waals surface area contributed by atoms with Crippen LogP contribution in [0.25, 0.3) is 16.8 Å². The van der Waals surface area contributed by atoms with Gasteiger partial charge in [0, 0.05) is 5.56 Å². The van der Waals surface area contributed by atoms with Gasteiger partial charge in [0.2, 0.25) is 0 Å². The summed E-state index contributed by atoms with van der Waals surface area (Å²) in [6, 6.07) is 14.7.